The van der Waals surface area contributed by atoms with Crippen LogP contribution in [-0.2, 0) is 19.4 Å². The first-order valence-electron chi connectivity index (χ1n) is 8.38. The molecule has 23 heavy (non-hydrogen) atoms. The second kappa shape index (κ2) is 7.44. The standard InChI is InChI=1S/C19H26N2O2/c1-5-7-8-21-17(16(6-2)18(22)20-19(21)23)12-15-10-13(3)9-14(4)11-15/h9-11H,5-8,12H2,1-4H3,(H,20,22,23). The van der Waals surface area contributed by atoms with Gasteiger partial charge in [0.25, 0.3) is 5.56 Å². The number of rotatable bonds is 6. The van der Waals surface area contributed by atoms with Crippen molar-refractivity contribution < 1.29 is 0 Å². The zero-order chi connectivity index (χ0) is 17.0. The maximum Gasteiger partial charge on any atom is 0.328 e. The number of hydrogen-bond acceptors (Lipinski definition) is 2. The normalized spacial score (nSPS) is 11.0. The van der Waals surface area contributed by atoms with Gasteiger partial charge in [0.15, 0.2) is 0 Å². The summed E-state index contributed by atoms with van der Waals surface area (Å²) in [4.78, 5) is 26.9. The molecule has 2 aromatic rings. The number of nitrogens with one attached hydrogen (secondary N) is 1. The zero-order valence-corrected chi connectivity index (χ0v) is 14.5. The molecular formula is C19H26N2O2. The third-order valence-corrected chi connectivity index (χ3v) is 4.16. The fourth-order valence-corrected chi connectivity index (χ4v) is 3.14. The van der Waals surface area contributed by atoms with E-state index in [4.69, 9.17) is 0 Å². The molecule has 0 saturated carbocycles. The molecule has 2 rings (SSSR count). The topological polar surface area (TPSA) is 54.9 Å². The summed E-state index contributed by atoms with van der Waals surface area (Å²) in [6.07, 6.45) is 3.18. The van der Waals surface area contributed by atoms with Gasteiger partial charge in [0, 0.05) is 24.2 Å². The molecule has 124 valence electrons. The third-order valence-electron chi connectivity index (χ3n) is 4.16. The van der Waals surface area contributed by atoms with Gasteiger partial charge in [-0.3, -0.25) is 14.3 Å². The van der Waals surface area contributed by atoms with Crippen LogP contribution in [-0.4, -0.2) is 9.55 Å². The highest BCUT2D eigenvalue weighted by Gasteiger charge is 2.14. The molecule has 0 radical (unpaired) electrons. The van der Waals surface area contributed by atoms with Crippen molar-refractivity contribution in [1.29, 1.82) is 0 Å². The molecule has 0 unspecified atom stereocenters. The van der Waals surface area contributed by atoms with Crippen molar-refractivity contribution in [2.45, 2.75) is 59.9 Å². The van der Waals surface area contributed by atoms with Crippen molar-refractivity contribution in [2.24, 2.45) is 0 Å². The summed E-state index contributed by atoms with van der Waals surface area (Å²) in [5, 5.41) is 0. The first-order valence-corrected chi connectivity index (χ1v) is 8.38. The predicted molar refractivity (Wildman–Crippen MR) is 94.3 cm³/mol. The van der Waals surface area contributed by atoms with Gasteiger partial charge in [0.05, 0.1) is 0 Å². The van der Waals surface area contributed by atoms with Gasteiger partial charge in [-0.1, -0.05) is 49.6 Å². The number of benzene rings is 1. The molecule has 0 atom stereocenters. The second-order valence-corrected chi connectivity index (χ2v) is 6.22. The highest BCUT2D eigenvalue weighted by molar-refractivity contribution is 5.33. The number of hydrogen-bond donors (Lipinski definition) is 1. The van der Waals surface area contributed by atoms with E-state index in [-0.39, 0.29) is 11.2 Å². The largest absolute Gasteiger partial charge is 0.328 e. The van der Waals surface area contributed by atoms with E-state index in [1.807, 2.05) is 6.92 Å². The maximum atomic E-state index is 12.3. The molecule has 4 heteroatoms. The summed E-state index contributed by atoms with van der Waals surface area (Å²) in [6, 6.07) is 6.39. The van der Waals surface area contributed by atoms with Gasteiger partial charge in [-0.2, -0.15) is 0 Å². The Morgan fingerprint density at radius 2 is 1.70 bits per heavy atom. The molecule has 0 aliphatic carbocycles. The van der Waals surface area contributed by atoms with Crippen molar-refractivity contribution in [2.75, 3.05) is 0 Å². The average Bonchev–Trinajstić information content (AvgIpc) is 2.46. The van der Waals surface area contributed by atoms with Gasteiger partial charge in [-0.05, 0) is 32.3 Å². The number of aromatic nitrogens is 2. The average molecular weight is 314 g/mol. The van der Waals surface area contributed by atoms with E-state index in [0.29, 0.717) is 19.4 Å². The Morgan fingerprint density at radius 1 is 1.04 bits per heavy atom. The van der Waals surface area contributed by atoms with Crippen LogP contribution in [0.5, 0.6) is 0 Å². The lowest BCUT2D eigenvalue weighted by molar-refractivity contribution is 0.569. The van der Waals surface area contributed by atoms with Crippen LogP contribution in [0, 0.1) is 13.8 Å². The first-order chi connectivity index (χ1) is 11.0. The number of H-pyrrole nitrogens is 1. The van der Waals surface area contributed by atoms with Crippen LogP contribution in [0.3, 0.4) is 0 Å². The van der Waals surface area contributed by atoms with Crippen molar-refractivity contribution >= 4 is 0 Å². The highest BCUT2D eigenvalue weighted by Crippen LogP contribution is 2.15. The van der Waals surface area contributed by atoms with Crippen molar-refractivity contribution in [3.8, 4) is 0 Å². The minimum Gasteiger partial charge on any atom is -0.297 e. The van der Waals surface area contributed by atoms with Crippen LogP contribution in [0.4, 0.5) is 0 Å². The van der Waals surface area contributed by atoms with Crippen LogP contribution in [0.25, 0.3) is 0 Å². The van der Waals surface area contributed by atoms with Crippen LogP contribution >= 0.6 is 0 Å². The quantitative estimate of drug-likeness (QED) is 0.890. The highest BCUT2D eigenvalue weighted by atomic mass is 16.2. The Labute approximate surface area is 137 Å². The van der Waals surface area contributed by atoms with E-state index in [9.17, 15) is 9.59 Å². The fourth-order valence-electron chi connectivity index (χ4n) is 3.14. The monoisotopic (exact) mass is 314 g/mol. The summed E-state index contributed by atoms with van der Waals surface area (Å²) < 4.78 is 1.75. The van der Waals surface area contributed by atoms with Gasteiger partial charge in [-0.25, -0.2) is 4.79 Å². The Hall–Kier alpha value is -2.10. The lowest BCUT2D eigenvalue weighted by Crippen LogP contribution is -2.35. The Morgan fingerprint density at radius 3 is 2.26 bits per heavy atom. The van der Waals surface area contributed by atoms with Crippen LogP contribution in [0.1, 0.15) is 54.6 Å². The van der Waals surface area contributed by atoms with E-state index in [2.05, 4.69) is 44.0 Å². The molecule has 1 heterocycles. The summed E-state index contributed by atoms with van der Waals surface area (Å²) in [5.74, 6) is 0. The maximum absolute atomic E-state index is 12.3. The van der Waals surface area contributed by atoms with Crippen LogP contribution < -0.4 is 11.2 Å². The molecule has 1 N–H and O–H groups in total. The number of unbranched alkanes of at least 4 members (excludes halogenated alkanes) is 1. The summed E-state index contributed by atoms with van der Waals surface area (Å²) >= 11 is 0. The summed E-state index contributed by atoms with van der Waals surface area (Å²) in [5.41, 5.74) is 4.59. The summed E-state index contributed by atoms with van der Waals surface area (Å²) in [6.45, 7) is 8.85. The number of aromatic amines is 1. The smallest absolute Gasteiger partial charge is 0.297 e. The lowest BCUT2D eigenvalue weighted by atomic mass is 10.0. The summed E-state index contributed by atoms with van der Waals surface area (Å²) in [7, 11) is 0. The van der Waals surface area contributed by atoms with E-state index in [1.165, 1.54) is 11.1 Å². The zero-order valence-electron chi connectivity index (χ0n) is 14.5. The molecule has 0 spiro atoms. The van der Waals surface area contributed by atoms with Crippen LogP contribution in [0.2, 0.25) is 0 Å². The van der Waals surface area contributed by atoms with Crippen molar-refractivity contribution in [3.05, 3.63) is 67.0 Å². The molecule has 0 bridgehead atoms. The van der Waals surface area contributed by atoms with Crippen LogP contribution in [0.15, 0.2) is 27.8 Å². The first kappa shape index (κ1) is 17.3. The molecule has 4 nitrogen and oxygen atoms in total. The lowest BCUT2D eigenvalue weighted by Gasteiger charge is -2.16. The molecule has 0 amide bonds. The third kappa shape index (κ3) is 4.01. The Balaban J connectivity index is 2.57. The number of aryl methyl sites for hydroxylation is 2. The molecule has 0 aliphatic rings. The van der Waals surface area contributed by atoms with Gasteiger partial charge in [0.2, 0.25) is 0 Å². The van der Waals surface area contributed by atoms with Crippen molar-refractivity contribution in [1.82, 2.24) is 9.55 Å². The Kier molecular flexibility index (Phi) is 5.59. The van der Waals surface area contributed by atoms with E-state index >= 15 is 0 Å². The van der Waals surface area contributed by atoms with Gasteiger partial charge >= 0.3 is 5.69 Å². The second-order valence-electron chi connectivity index (χ2n) is 6.22. The molecule has 0 fully saturated rings. The molecule has 1 aromatic heterocycles. The van der Waals surface area contributed by atoms with E-state index < -0.39 is 0 Å². The molecule has 1 aromatic carbocycles. The van der Waals surface area contributed by atoms with Gasteiger partial charge in [0.1, 0.15) is 0 Å². The predicted octanol–water partition coefficient (Wildman–Crippen LogP) is 3.11. The van der Waals surface area contributed by atoms with Gasteiger partial charge < -0.3 is 0 Å². The van der Waals surface area contributed by atoms with E-state index in [1.54, 1.807) is 4.57 Å². The van der Waals surface area contributed by atoms with Gasteiger partial charge in [-0.15, -0.1) is 0 Å². The molecular weight excluding hydrogens is 288 g/mol. The molecule has 0 aliphatic heterocycles. The minimum absolute atomic E-state index is 0.246. The minimum atomic E-state index is -0.292. The Bertz CT molecular complexity index is 780. The van der Waals surface area contributed by atoms with E-state index in [0.717, 1.165) is 29.7 Å². The molecule has 0 saturated heterocycles. The number of nitrogens with zero attached hydrogens (tertiary/aromatic N) is 1. The SMILES string of the molecule is CCCCn1c(Cc2cc(C)cc(C)c2)c(CC)c(=O)[nH]c1=O. The van der Waals surface area contributed by atoms with Crippen molar-refractivity contribution in [3.63, 3.8) is 0 Å². The fraction of sp³-hybridized carbons (Fsp3) is 0.474.